The molecule has 0 saturated heterocycles. The highest BCUT2D eigenvalue weighted by atomic mass is 16.8. The Morgan fingerprint density at radius 1 is 1.50 bits per heavy atom. The van der Waals surface area contributed by atoms with Gasteiger partial charge in [0.15, 0.2) is 5.82 Å². The molecule has 5 N–H and O–H groups in total. The lowest BCUT2D eigenvalue weighted by Gasteiger charge is -2.20. The summed E-state index contributed by atoms with van der Waals surface area (Å²) in [5.41, 5.74) is 0.719. The Hall–Kier alpha value is -1.52. The lowest BCUT2D eigenvalue weighted by molar-refractivity contribution is -0.103. The summed E-state index contributed by atoms with van der Waals surface area (Å²) in [6.45, 7) is -0.657. The number of hydrogen-bond acceptors (Lipinski definition) is 8. The fourth-order valence-electron chi connectivity index (χ4n) is 1.76. The van der Waals surface area contributed by atoms with Gasteiger partial charge in [-0.25, -0.2) is 4.98 Å². The van der Waals surface area contributed by atoms with E-state index in [-0.39, 0.29) is 5.69 Å². The molecule has 0 spiro atoms. The second-order valence-corrected chi connectivity index (χ2v) is 4.39. The number of aromatic nitrogens is 2. The summed E-state index contributed by atoms with van der Waals surface area (Å²) in [7, 11) is 1.49. The lowest BCUT2D eigenvalue weighted by Crippen LogP contribution is -2.34. The number of aliphatic hydroxyl groups excluding tert-OH is 4. The fourth-order valence-corrected chi connectivity index (χ4v) is 1.76. The molecule has 20 heavy (non-hydrogen) atoms. The minimum atomic E-state index is -1.53. The third-order valence-electron chi connectivity index (χ3n) is 3.00. The zero-order valence-electron chi connectivity index (χ0n) is 10.8. The van der Waals surface area contributed by atoms with Crippen molar-refractivity contribution < 1.29 is 30.0 Å². The average Bonchev–Trinajstić information content (AvgIpc) is 3.12. The van der Waals surface area contributed by atoms with Crippen LogP contribution < -0.4 is 0 Å². The number of nitrogens with zero attached hydrogens (tertiary/aromatic N) is 2. The van der Waals surface area contributed by atoms with Gasteiger partial charge in [-0.05, 0) is 0 Å². The van der Waals surface area contributed by atoms with E-state index in [9.17, 15) is 15.3 Å². The van der Waals surface area contributed by atoms with Crippen LogP contribution in [0.15, 0.2) is 11.4 Å². The number of ether oxygens (including phenoxy) is 1. The summed E-state index contributed by atoms with van der Waals surface area (Å²) in [5.74, 6) is 0.379. The maximum Gasteiger partial charge on any atom is 0.232 e. The van der Waals surface area contributed by atoms with Crippen molar-refractivity contribution in [3.05, 3.63) is 17.7 Å². The Labute approximate surface area is 114 Å². The normalized spacial score (nSPS) is 23.1. The van der Waals surface area contributed by atoms with Gasteiger partial charge in [0.1, 0.15) is 24.0 Å². The number of rotatable bonds is 6. The first-order valence-corrected chi connectivity index (χ1v) is 6.02. The van der Waals surface area contributed by atoms with Gasteiger partial charge in [0, 0.05) is 7.11 Å². The van der Waals surface area contributed by atoms with E-state index < -0.39 is 31.2 Å². The van der Waals surface area contributed by atoms with Crippen LogP contribution >= 0.6 is 0 Å². The van der Waals surface area contributed by atoms with Crippen molar-refractivity contribution in [2.45, 2.75) is 31.0 Å². The van der Waals surface area contributed by atoms with E-state index in [2.05, 4.69) is 15.1 Å². The SMILES string of the molecule is COC1CC(c2ncc([C@@H](O)[C@H](O)[C@H](O)CO)[nH]2)=NO1. The molecule has 1 aromatic rings. The molecule has 0 saturated carbocycles. The van der Waals surface area contributed by atoms with Crippen LogP contribution in [-0.4, -0.2) is 68.3 Å². The van der Waals surface area contributed by atoms with Crippen LogP contribution in [0, 0.1) is 0 Å². The van der Waals surface area contributed by atoms with Gasteiger partial charge >= 0.3 is 0 Å². The Morgan fingerprint density at radius 2 is 2.25 bits per heavy atom. The third-order valence-corrected chi connectivity index (χ3v) is 3.00. The maximum atomic E-state index is 9.86. The number of H-pyrrole nitrogens is 1. The molecule has 112 valence electrons. The van der Waals surface area contributed by atoms with Crippen molar-refractivity contribution in [2.24, 2.45) is 5.16 Å². The van der Waals surface area contributed by atoms with Crippen LogP contribution in [0.25, 0.3) is 0 Å². The molecule has 1 aliphatic rings. The summed E-state index contributed by atoms with van der Waals surface area (Å²) in [6.07, 6.45) is -3.12. The minimum absolute atomic E-state index is 0.198. The van der Waals surface area contributed by atoms with Gasteiger partial charge in [-0.1, -0.05) is 5.16 Å². The van der Waals surface area contributed by atoms with Crippen LogP contribution in [-0.2, 0) is 9.57 Å². The van der Waals surface area contributed by atoms with E-state index in [1.807, 2.05) is 0 Å². The molecule has 1 aromatic heterocycles. The number of oxime groups is 1. The molecular formula is C11H17N3O6. The van der Waals surface area contributed by atoms with Crippen LogP contribution in [0.1, 0.15) is 24.0 Å². The maximum absolute atomic E-state index is 9.86. The smallest absolute Gasteiger partial charge is 0.232 e. The molecule has 2 rings (SSSR count). The predicted octanol–water partition coefficient (Wildman–Crippen LogP) is -1.75. The molecule has 4 atom stereocenters. The highest BCUT2D eigenvalue weighted by molar-refractivity contribution is 5.98. The van der Waals surface area contributed by atoms with E-state index in [0.717, 1.165) is 0 Å². The van der Waals surface area contributed by atoms with Crippen molar-refractivity contribution in [2.75, 3.05) is 13.7 Å². The van der Waals surface area contributed by atoms with Crippen molar-refractivity contribution in [1.82, 2.24) is 9.97 Å². The molecule has 0 fully saturated rings. The van der Waals surface area contributed by atoms with E-state index in [1.54, 1.807) is 0 Å². The number of aliphatic hydroxyl groups is 4. The zero-order chi connectivity index (χ0) is 14.7. The van der Waals surface area contributed by atoms with E-state index in [1.165, 1.54) is 13.3 Å². The molecule has 9 heteroatoms. The highest BCUT2D eigenvalue weighted by Crippen LogP contribution is 2.20. The zero-order valence-corrected chi connectivity index (χ0v) is 10.8. The summed E-state index contributed by atoms with van der Waals surface area (Å²) in [5, 5.41) is 41.3. The molecule has 0 bridgehead atoms. The molecule has 0 aromatic carbocycles. The van der Waals surface area contributed by atoms with Crippen LogP contribution in [0.2, 0.25) is 0 Å². The largest absolute Gasteiger partial charge is 0.394 e. The van der Waals surface area contributed by atoms with Gasteiger partial charge in [-0.3, -0.25) is 0 Å². The van der Waals surface area contributed by atoms with Crippen LogP contribution in [0.3, 0.4) is 0 Å². The second kappa shape index (κ2) is 6.29. The van der Waals surface area contributed by atoms with Gasteiger partial charge in [0.2, 0.25) is 6.29 Å². The van der Waals surface area contributed by atoms with Crippen LogP contribution in [0.4, 0.5) is 0 Å². The average molecular weight is 287 g/mol. The standard InChI is InChI=1S/C11H17N3O6/c1-19-8-2-5(14-20-8)11-12-3-6(13-11)9(17)10(18)7(16)4-15/h3,7-10,15-18H,2,4H2,1H3,(H,12,13)/t7-,8?,9-,10-/m1/s1. The number of nitrogens with one attached hydrogen (secondary N) is 1. The van der Waals surface area contributed by atoms with Crippen molar-refractivity contribution in [1.29, 1.82) is 0 Å². The van der Waals surface area contributed by atoms with E-state index in [0.29, 0.717) is 18.0 Å². The quantitative estimate of drug-likeness (QED) is 0.418. The first-order valence-electron chi connectivity index (χ1n) is 6.02. The highest BCUT2D eigenvalue weighted by Gasteiger charge is 2.29. The Bertz CT molecular complexity index is 476. The Balaban J connectivity index is 2.06. The number of aromatic amines is 1. The molecule has 1 unspecified atom stereocenters. The molecule has 1 aliphatic heterocycles. The molecule has 0 amide bonds. The van der Waals surface area contributed by atoms with E-state index in [4.69, 9.17) is 14.7 Å². The van der Waals surface area contributed by atoms with Gasteiger partial charge in [-0.15, -0.1) is 0 Å². The summed E-state index contributed by atoms with van der Waals surface area (Å²) in [6, 6.07) is 0. The summed E-state index contributed by atoms with van der Waals surface area (Å²) in [4.78, 5) is 11.8. The first-order chi connectivity index (χ1) is 9.56. The molecule has 0 radical (unpaired) electrons. The fraction of sp³-hybridized carbons (Fsp3) is 0.636. The summed E-state index contributed by atoms with van der Waals surface area (Å²) < 4.78 is 4.97. The first kappa shape index (κ1) is 14.9. The molecular weight excluding hydrogens is 270 g/mol. The number of methoxy groups -OCH3 is 1. The predicted molar refractivity (Wildman–Crippen MR) is 65.7 cm³/mol. The van der Waals surface area contributed by atoms with Crippen molar-refractivity contribution in [3.63, 3.8) is 0 Å². The van der Waals surface area contributed by atoms with Gasteiger partial charge < -0.3 is 35.0 Å². The topological polar surface area (TPSA) is 140 Å². The Kier molecular flexibility index (Phi) is 4.68. The van der Waals surface area contributed by atoms with Gasteiger partial charge in [0.25, 0.3) is 0 Å². The molecule has 0 aliphatic carbocycles. The van der Waals surface area contributed by atoms with Crippen molar-refractivity contribution >= 4 is 5.71 Å². The van der Waals surface area contributed by atoms with Gasteiger partial charge in [0.05, 0.1) is 24.9 Å². The van der Waals surface area contributed by atoms with Crippen molar-refractivity contribution in [3.8, 4) is 0 Å². The minimum Gasteiger partial charge on any atom is -0.394 e. The monoisotopic (exact) mass is 287 g/mol. The summed E-state index contributed by atoms with van der Waals surface area (Å²) >= 11 is 0. The Morgan fingerprint density at radius 3 is 2.85 bits per heavy atom. The third kappa shape index (κ3) is 2.97. The second-order valence-electron chi connectivity index (χ2n) is 4.39. The van der Waals surface area contributed by atoms with Crippen LogP contribution in [0.5, 0.6) is 0 Å². The van der Waals surface area contributed by atoms with E-state index >= 15 is 0 Å². The molecule has 2 heterocycles. The lowest BCUT2D eigenvalue weighted by atomic mass is 10.1. The number of imidazole rings is 1. The van der Waals surface area contributed by atoms with Gasteiger partial charge in [-0.2, -0.15) is 0 Å². The number of hydrogen-bond donors (Lipinski definition) is 5. The molecule has 9 nitrogen and oxygen atoms in total.